The summed E-state index contributed by atoms with van der Waals surface area (Å²) in [6, 6.07) is 18.8. The van der Waals surface area contributed by atoms with Gasteiger partial charge in [0.15, 0.2) is 0 Å². The Bertz CT molecular complexity index is 1670. The number of carbonyl (C=O) groups excluding carboxylic acids is 4. The standard InChI is InChI=1S/C36H36F3N3O6/c1-35(2,3)48-30(43)20-28(32(44)40-21-24-13-10-16-26(19-24)36(37,38)39)41-27(18-17-23-11-6-4-7-12-23)31(33(41)45)42-29(22-47-34(42)46)25-14-8-5-9-15-25/h4-19,27-29,31H,20-22H2,1-3H3,(H,40,44)/t27?,28?,29-,31?/m1/s1. The molecule has 2 heterocycles. The Kier molecular flexibility index (Phi) is 9.92. The number of alkyl halides is 3. The highest BCUT2D eigenvalue weighted by Gasteiger charge is 2.58. The van der Waals surface area contributed by atoms with Crippen LogP contribution >= 0.6 is 0 Å². The number of rotatable bonds is 10. The lowest BCUT2D eigenvalue weighted by Crippen LogP contribution is -2.74. The number of cyclic esters (lactones) is 1. The molecule has 0 radical (unpaired) electrons. The van der Waals surface area contributed by atoms with Gasteiger partial charge in [-0.2, -0.15) is 13.2 Å². The summed E-state index contributed by atoms with van der Waals surface area (Å²) in [7, 11) is 0. The molecule has 2 aliphatic rings. The number of hydrogen-bond acceptors (Lipinski definition) is 6. The number of nitrogens with zero attached hydrogens (tertiary/aromatic N) is 2. The number of nitrogens with one attached hydrogen (secondary N) is 1. The molecule has 48 heavy (non-hydrogen) atoms. The molecule has 4 atom stereocenters. The quantitative estimate of drug-likeness (QED) is 0.214. The monoisotopic (exact) mass is 663 g/mol. The lowest BCUT2D eigenvalue weighted by molar-refractivity contribution is -0.168. The fourth-order valence-corrected chi connectivity index (χ4v) is 5.83. The van der Waals surface area contributed by atoms with Gasteiger partial charge in [0.2, 0.25) is 11.8 Å². The second-order valence-electron chi connectivity index (χ2n) is 12.6. The Morgan fingerprint density at radius 3 is 2.29 bits per heavy atom. The van der Waals surface area contributed by atoms with Crippen molar-refractivity contribution in [2.75, 3.05) is 6.61 Å². The van der Waals surface area contributed by atoms with E-state index in [1.807, 2.05) is 60.7 Å². The molecule has 0 aromatic heterocycles. The van der Waals surface area contributed by atoms with E-state index in [1.54, 1.807) is 32.9 Å². The number of halogens is 3. The van der Waals surface area contributed by atoms with E-state index in [0.29, 0.717) is 0 Å². The smallest absolute Gasteiger partial charge is 0.416 e. The molecule has 0 aliphatic carbocycles. The predicted molar refractivity (Wildman–Crippen MR) is 170 cm³/mol. The van der Waals surface area contributed by atoms with Crippen LogP contribution in [0, 0.1) is 0 Å². The number of hydrogen-bond donors (Lipinski definition) is 1. The first-order valence-electron chi connectivity index (χ1n) is 15.4. The Hall–Kier alpha value is -5.13. The largest absolute Gasteiger partial charge is 0.460 e. The van der Waals surface area contributed by atoms with E-state index in [1.165, 1.54) is 21.9 Å². The van der Waals surface area contributed by atoms with Crippen molar-refractivity contribution in [3.63, 3.8) is 0 Å². The highest BCUT2D eigenvalue weighted by atomic mass is 19.4. The minimum Gasteiger partial charge on any atom is -0.460 e. The zero-order chi connectivity index (χ0) is 34.6. The average molecular weight is 664 g/mol. The summed E-state index contributed by atoms with van der Waals surface area (Å²) in [5, 5.41) is 2.60. The van der Waals surface area contributed by atoms with E-state index in [9.17, 15) is 32.3 Å². The number of benzene rings is 3. The first kappa shape index (κ1) is 34.2. The van der Waals surface area contributed by atoms with Gasteiger partial charge in [0.1, 0.15) is 24.3 Å². The zero-order valence-electron chi connectivity index (χ0n) is 26.6. The molecular formula is C36H36F3N3O6. The van der Waals surface area contributed by atoms with Gasteiger partial charge in [-0.15, -0.1) is 0 Å². The molecule has 3 aromatic rings. The zero-order valence-corrected chi connectivity index (χ0v) is 26.6. The van der Waals surface area contributed by atoms with Gasteiger partial charge in [-0.05, 0) is 49.6 Å². The van der Waals surface area contributed by atoms with Crippen LogP contribution in [0.2, 0.25) is 0 Å². The van der Waals surface area contributed by atoms with Crippen molar-refractivity contribution < 1.29 is 41.8 Å². The average Bonchev–Trinajstić information content (AvgIpc) is 3.41. The van der Waals surface area contributed by atoms with Crippen molar-refractivity contribution in [1.82, 2.24) is 15.1 Å². The molecule has 3 unspecified atom stereocenters. The number of likely N-dealkylation sites (tertiary alicyclic amines) is 1. The number of carbonyl (C=O) groups is 4. The van der Waals surface area contributed by atoms with Crippen LogP contribution in [0.1, 0.15) is 55.5 Å². The van der Waals surface area contributed by atoms with Crippen LogP contribution in [0.3, 0.4) is 0 Å². The second kappa shape index (κ2) is 13.9. The van der Waals surface area contributed by atoms with Gasteiger partial charge in [0.05, 0.1) is 24.1 Å². The summed E-state index contributed by atoms with van der Waals surface area (Å²) in [6.45, 7) is 4.70. The first-order chi connectivity index (χ1) is 22.7. The van der Waals surface area contributed by atoms with Crippen molar-refractivity contribution in [2.24, 2.45) is 0 Å². The van der Waals surface area contributed by atoms with Crippen LogP contribution in [0.15, 0.2) is 91.0 Å². The molecular weight excluding hydrogens is 627 g/mol. The lowest BCUT2D eigenvalue weighted by Gasteiger charge is -2.52. The third-order valence-electron chi connectivity index (χ3n) is 7.97. The van der Waals surface area contributed by atoms with Gasteiger partial charge in [-0.3, -0.25) is 19.3 Å². The molecule has 1 N–H and O–H groups in total. The molecule has 0 spiro atoms. The highest BCUT2D eigenvalue weighted by Crippen LogP contribution is 2.39. The summed E-state index contributed by atoms with van der Waals surface area (Å²) >= 11 is 0. The fourth-order valence-electron chi connectivity index (χ4n) is 5.83. The fraction of sp³-hybridized carbons (Fsp3) is 0.333. The maximum absolute atomic E-state index is 14.1. The van der Waals surface area contributed by atoms with E-state index in [2.05, 4.69) is 5.32 Å². The van der Waals surface area contributed by atoms with Crippen LogP contribution in [0.4, 0.5) is 18.0 Å². The van der Waals surface area contributed by atoms with Crippen molar-refractivity contribution >= 4 is 30.0 Å². The Morgan fingerprint density at radius 2 is 1.65 bits per heavy atom. The van der Waals surface area contributed by atoms with Gasteiger partial charge in [0.25, 0.3) is 0 Å². The molecule has 9 nitrogen and oxygen atoms in total. The molecule has 3 amide bonds. The summed E-state index contributed by atoms with van der Waals surface area (Å²) in [4.78, 5) is 56.8. The van der Waals surface area contributed by atoms with E-state index in [0.717, 1.165) is 23.3 Å². The van der Waals surface area contributed by atoms with E-state index in [4.69, 9.17) is 9.47 Å². The minimum absolute atomic E-state index is 0.0144. The van der Waals surface area contributed by atoms with Crippen molar-refractivity contribution in [3.8, 4) is 0 Å². The van der Waals surface area contributed by atoms with E-state index < -0.39 is 71.8 Å². The molecule has 0 bridgehead atoms. The molecule has 252 valence electrons. The molecule has 5 rings (SSSR count). The van der Waals surface area contributed by atoms with Crippen LogP contribution in [-0.4, -0.2) is 64.0 Å². The molecule has 2 saturated heterocycles. The van der Waals surface area contributed by atoms with Crippen LogP contribution in [0.5, 0.6) is 0 Å². The third-order valence-corrected chi connectivity index (χ3v) is 7.97. The predicted octanol–water partition coefficient (Wildman–Crippen LogP) is 5.91. The highest BCUT2D eigenvalue weighted by molar-refractivity contribution is 5.99. The van der Waals surface area contributed by atoms with Crippen molar-refractivity contribution in [2.45, 2.75) is 69.7 Å². The van der Waals surface area contributed by atoms with E-state index in [-0.39, 0.29) is 18.7 Å². The van der Waals surface area contributed by atoms with Crippen molar-refractivity contribution in [1.29, 1.82) is 0 Å². The SMILES string of the molecule is CC(C)(C)OC(=O)CC(C(=O)NCc1cccc(C(F)(F)F)c1)N1C(=O)C(N2C(=O)OC[C@@H]2c2ccccc2)C1C=Cc1ccccc1. The molecule has 0 saturated carbocycles. The second-order valence-corrected chi connectivity index (χ2v) is 12.6. The van der Waals surface area contributed by atoms with Crippen LogP contribution in [0.25, 0.3) is 6.08 Å². The van der Waals surface area contributed by atoms with Crippen LogP contribution in [-0.2, 0) is 36.6 Å². The molecule has 3 aromatic carbocycles. The van der Waals surface area contributed by atoms with Gasteiger partial charge in [0, 0.05) is 6.54 Å². The Balaban J connectivity index is 1.48. The number of ether oxygens (including phenoxy) is 2. The van der Waals surface area contributed by atoms with Gasteiger partial charge in [-0.1, -0.05) is 84.9 Å². The normalized spacial score (nSPS) is 20.3. The number of esters is 1. The summed E-state index contributed by atoms with van der Waals surface area (Å²) in [5.74, 6) is -2.13. The molecule has 12 heteroatoms. The van der Waals surface area contributed by atoms with Gasteiger partial charge < -0.3 is 19.7 Å². The Morgan fingerprint density at radius 1 is 0.979 bits per heavy atom. The molecule has 2 aliphatic heterocycles. The Labute approximate surface area is 276 Å². The van der Waals surface area contributed by atoms with Gasteiger partial charge in [-0.25, -0.2) is 4.79 Å². The van der Waals surface area contributed by atoms with Crippen molar-refractivity contribution in [3.05, 3.63) is 113 Å². The topological polar surface area (TPSA) is 105 Å². The summed E-state index contributed by atoms with van der Waals surface area (Å²) in [6.07, 6.45) is -2.37. The van der Waals surface area contributed by atoms with E-state index >= 15 is 0 Å². The minimum atomic E-state index is -4.58. The number of β-lactam (4-membered cyclic amide) rings is 1. The first-order valence-corrected chi connectivity index (χ1v) is 15.4. The van der Waals surface area contributed by atoms with Gasteiger partial charge >= 0.3 is 18.2 Å². The summed E-state index contributed by atoms with van der Waals surface area (Å²) in [5.41, 5.74) is -0.0572. The number of amides is 3. The van der Waals surface area contributed by atoms with Crippen LogP contribution < -0.4 is 5.32 Å². The third kappa shape index (κ3) is 7.87. The maximum atomic E-state index is 14.1. The molecule has 2 fully saturated rings. The summed E-state index contributed by atoms with van der Waals surface area (Å²) < 4.78 is 50.8. The lowest BCUT2D eigenvalue weighted by atomic mass is 9.87. The maximum Gasteiger partial charge on any atom is 0.416 e.